The number of hydrogen-bond acceptors (Lipinski definition) is 11. The number of anilines is 1. The molecule has 3 rings (SSSR count). The van der Waals surface area contributed by atoms with Gasteiger partial charge in [0.2, 0.25) is 11.8 Å². The first kappa shape index (κ1) is 32.7. The maximum Gasteiger partial charge on any atom is 0.407 e. The Hall–Kier alpha value is -4.81. The zero-order valence-corrected chi connectivity index (χ0v) is 26.0. The molecule has 0 unspecified atom stereocenters. The number of carbonyl (C=O) groups is 2. The lowest BCUT2D eigenvalue weighted by Gasteiger charge is -2.23. The topological polar surface area (TPSA) is 183 Å². The van der Waals surface area contributed by atoms with Gasteiger partial charge in [0.05, 0.1) is 17.4 Å². The largest absolute Gasteiger partial charge is 0.444 e. The summed E-state index contributed by atoms with van der Waals surface area (Å²) in [5, 5.41) is 12.7. The lowest BCUT2D eigenvalue weighted by molar-refractivity contribution is 0.0526. The summed E-state index contributed by atoms with van der Waals surface area (Å²) >= 11 is 0. The number of ether oxygens (including phenoxy) is 1. The smallest absolute Gasteiger partial charge is 0.407 e. The molecule has 2 heterocycles. The van der Waals surface area contributed by atoms with Gasteiger partial charge in [-0.25, -0.2) is 14.8 Å². The van der Waals surface area contributed by atoms with Crippen molar-refractivity contribution in [2.45, 2.75) is 71.9 Å². The maximum atomic E-state index is 13.2. The van der Waals surface area contributed by atoms with E-state index in [1.54, 1.807) is 46.3 Å². The third-order valence-electron chi connectivity index (χ3n) is 5.98. The molecule has 0 radical (unpaired) electrons. The van der Waals surface area contributed by atoms with Crippen molar-refractivity contribution in [2.24, 2.45) is 10.7 Å². The fourth-order valence-electron chi connectivity index (χ4n) is 3.97. The molecule has 5 N–H and O–H groups in total. The molecule has 0 bridgehead atoms. The summed E-state index contributed by atoms with van der Waals surface area (Å²) in [5.74, 6) is 0.167. The van der Waals surface area contributed by atoms with E-state index in [-0.39, 0.29) is 12.4 Å². The molecule has 230 valence electrons. The third-order valence-corrected chi connectivity index (χ3v) is 5.98. The molecule has 1 atom stereocenters. The van der Waals surface area contributed by atoms with Crippen LogP contribution in [0.15, 0.2) is 51.9 Å². The molecule has 0 spiro atoms. The lowest BCUT2D eigenvalue weighted by atomic mass is 9.95. The van der Waals surface area contributed by atoms with Crippen LogP contribution in [0, 0.1) is 6.92 Å². The van der Waals surface area contributed by atoms with Gasteiger partial charge in [0.25, 0.3) is 11.7 Å². The van der Waals surface area contributed by atoms with Gasteiger partial charge in [-0.3, -0.25) is 9.79 Å². The van der Waals surface area contributed by atoms with E-state index in [2.05, 4.69) is 41.1 Å². The second kappa shape index (κ2) is 13.9. The van der Waals surface area contributed by atoms with Gasteiger partial charge in [0.15, 0.2) is 0 Å². The van der Waals surface area contributed by atoms with Crippen LogP contribution in [0.2, 0.25) is 0 Å². The summed E-state index contributed by atoms with van der Waals surface area (Å²) in [7, 11) is 1.64. The number of aliphatic imine (C=N–C) groups is 1. The Morgan fingerprint density at radius 3 is 2.49 bits per heavy atom. The summed E-state index contributed by atoms with van der Waals surface area (Å²) in [6.07, 6.45) is 4.44. The molecule has 2 amide bonds. The summed E-state index contributed by atoms with van der Waals surface area (Å²) in [6.45, 7) is 13.3. The number of hydrogen-bond donors (Lipinski definition) is 4. The molecule has 3 aromatic rings. The van der Waals surface area contributed by atoms with Crippen LogP contribution >= 0.6 is 0 Å². The minimum atomic E-state index is -0.629. The SMILES string of the molecule is CN=CC(=CN)Nc1nccc(-c2ccc([C@@H](CCNC(=O)OC(C)(C)C)NC(=O)c3noc(C(C)(C)C)n3)c(C)c2)n1. The van der Waals surface area contributed by atoms with E-state index < -0.39 is 29.1 Å². The molecule has 13 heteroatoms. The Labute approximate surface area is 251 Å². The number of aryl methyl sites for hydroxylation is 1. The molecule has 0 fully saturated rings. The number of allylic oxidation sites excluding steroid dienone is 1. The average Bonchev–Trinajstić information content (AvgIpc) is 3.43. The molecular weight excluding hydrogens is 550 g/mol. The van der Waals surface area contributed by atoms with Gasteiger partial charge in [-0.1, -0.05) is 38.1 Å². The van der Waals surface area contributed by atoms with Crippen molar-refractivity contribution in [1.82, 2.24) is 30.7 Å². The van der Waals surface area contributed by atoms with Crippen LogP contribution in [0.3, 0.4) is 0 Å². The van der Waals surface area contributed by atoms with Crippen LogP contribution in [0.4, 0.5) is 10.7 Å². The fourth-order valence-corrected chi connectivity index (χ4v) is 3.97. The first-order valence-corrected chi connectivity index (χ1v) is 13.9. The van der Waals surface area contributed by atoms with E-state index in [4.69, 9.17) is 15.0 Å². The Morgan fingerprint density at radius 1 is 1.14 bits per heavy atom. The van der Waals surface area contributed by atoms with E-state index in [9.17, 15) is 9.59 Å². The molecule has 1 aromatic carbocycles. The number of aromatic nitrogens is 4. The van der Waals surface area contributed by atoms with E-state index >= 15 is 0 Å². The number of amides is 2. The number of rotatable bonds is 10. The Morgan fingerprint density at radius 2 is 1.88 bits per heavy atom. The number of carbonyl (C=O) groups excluding carboxylic acids is 2. The van der Waals surface area contributed by atoms with Gasteiger partial charge in [0, 0.05) is 43.2 Å². The molecular formula is C30H41N9O4. The maximum absolute atomic E-state index is 13.2. The quantitative estimate of drug-likeness (QED) is 0.246. The van der Waals surface area contributed by atoms with Crippen LogP contribution in [0.25, 0.3) is 11.3 Å². The predicted octanol–water partition coefficient (Wildman–Crippen LogP) is 4.43. The van der Waals surface area contributed by atoms with Crippen molar-refractivity contribution in [1.29, 1.82) is 0 Å². The van der Waals surface area contributed by atoms with E-state index in [1.165, 1.54) is 6.20 Å². The minimum absolute atomic E-state index is 0.0654. The normalized spacial score (nSPS) is 13.1. The molecule has 2 aromatic heterocycles. The van der Waals surface area contributed by atoms with E-state index in [0.717, 1.165) is 16.7 Å². The monoisotopic (exact) mass is 591 g/mol. The van der Waals surface area contributed by atoms with Gasteiger partial charge >= 0.3 is 6.09 Å². The van der Waals surface area contributed by atoms with Gasteiger partial charge in [-0.2, -0.15) is 4.98 Å². The van der Waals surface area contributed by atoms with Crippen molar-refractivity contribution >= 4 is 24.2 Å². The zero-order chi connectivity index (χ0) is 31.8. The Kier molecular flexibility index (Phi) is 10.6. The van der Waals surface area contributed by atoms with Crippen molar-refractivity contribution in [3.63, 3.8) is 0 Å². The van der Waals surface area contributed by atoms with Crippen molar-refractivity contribution in [3.05, 3.63) is 65.2 Å². The first-order valence-electron chi connectivity index (χ1n) is 13.9. The third kappa shape index (κ3) is 9.62. The summed E-state index contributed by atoms with van der Waals surface area (Å²) in [5.41, 5.74) is 8.45. The molecule has 0 aliphatic rings. The molecule has 0 aliphatic heterocycles. The summed E-state index contributed by atoms with van der Waals surface area (Å²) < 4.78 is 10.7. The Balaban J connectivity index is 1.86. The molecule has 13 nitrogen and oxygen atoms in total. The highest BCUT2D eigenvalue weighted by molar-refractivity contribution is 5.90. The number of nitrogens with zero attached hydrogens (tertiary/aromatic N) is 5. The second-order valence-electron chi connectivity index (χ2n) is 11.9. The molecule has 0 aliphatic carbocycles. The predicted molar refractivity (Wildman–Crippen MR) is 165 cm³/mol. The van der Waals surface area contributed by atoms with Gasteiger partial charge in [-0.15, -0.1) is 0 Å². The van der Waals surface area contributed by atoms with Crippen molar-refractivity contribution in [3.8, 4) is 11.3 Å². The second-order valence-corrected chi connectivity index (χ2v) is 11.9. The minimum Gasteiger partial charge on any atom is -0.444 e. The van der Waals surface area contributed by atoms with E-state index in [1.807, 2.05) is 45.9 Å². The summed E-state index contributed by atoms with van der Waals surface area (Å²) in [6, 6.07) is 7.12. The number of benzene rings is 1. The Bertz CT molecular complexity index is 1480. The zero-order valence-electron chi connectivity index (χ0n) is 26.0. The molecule has 0 saturated carbocycles. The van der Waals surface area contributed by atoms with Crippen LogP contribution in [0.1, 0.15) is 81.6 Å². The van der Waals surface area contributed by atoms with Crippen LogP contribution < -0.4 is 21.7 Å². The lowest BCUT2D eigenvalue weighted by Crippen LogP contribution is -2.36. The highest BCUT2D eigenvalue weighted by atomic mass is 16.6. The van der Waals surface area contributed by atoms with Gasteiger partial charge < -0.3 is 30.9 Å². The first-order chi connectivity index (χ1) is 20.2. The number of nitrogens with one attached hydrogen (secondary N) is 3. The molecule has 43 heavy (non-hydrogen) atoms. The summed E-state index contributed by atoms with van der Waals surface area (Å²) in [4.78, 5) is 42.5. The van der Waals surface area contributed by atoms with Gasteiger partial charge in [0.1, 0.15) is 5.60 Å². The van der Waals surface area contributed by atoms with Gasteiger partial charge in [-0.05, 0) is 57.4 Å². The number of nitrogens with two attached hydrogens (primary N) is 1. The van der Waals surface area contributed by atoms with Crippen LogP contribution in [-0.4, -0.2) is 57.5 Å². The molecule has 0 saturated heterocycles. The van der Waals surface area contributed by atoms with Crippen LogP contribution in [-0.2, 0) is 10.2 Å². The number of alkyl carbamates (subject to hydrolysis) is 1. The highest BCUT2D eigenvalue weighted by Crippen LogP contribution is 2.27. The fraction of sp³-hybridized carbons (Fsp3) is 0.433. The highest BCUT2D eigenvalue weighted by Gasteiger charge is 2.26. The van der Waals surface area contributed by atoms with E-state index in [0.29, 0.717) is 29.7 Å². The standard InChI is InChI=1S/C30H41N9O4/c1-18-15-19(22-11-13-33-27(37-22)35-20(16-31)17-32-8)9-10-21(18)23(12-14-34-28(41)42-30(5,6)7)36-25(40)24-38-26(43-39-24)29(2,3)4/h9-11,13,15-17,23H,12,14,31H2,1-8H3,(H,34,41)(H,36,40)(H,33,35,37)/t23-/m1/s1. The van der Waals surface area contributed by atoms with Crippen molar-refractivity contribution < 1.29 is 18.8 Å². The average molecular weight is 592 g/mol. The van der Waals surface area contributed by atoms with Crippen LogP contribution in [0.5, 0.6) is 0 Å². The van der Waals surface area contributed by atoms with Crippen molar-refractivity contribution in [2.75, 3.05) is 18.9 Å².